The molecule has 3 nitrogen and oxygen atoms in total. The minimum Gasteiger partial charge on any atom is -0.415 e. The zero-order chi connectivity index (χ0) is 11.0. The number of ether oxygens (including phenoxy) is 1. The monoisotopic (exact) mass is 328 g/mol. The van der Waals surface area contributed by atoms with E-state index >= 15 is 0 Å². The summed E-state index contributed by atoms with van der Waals surface area (Å²) in [4.78, 5) is 0. The SMILES string of the molecule is Fc1c(I)ccn2nc(OC(F)F)cc12. The molecule has 0 unspecified atom stereocenters. The zero-order valence-electron chi connectivity index (χ0n) is 7.12. The summed E-state index contributed by atoms with van der Waals surface area (Å²) < 4.78 is 42.8. The second-order valence-electron chi connectivity index (χ2n) is 2.67. The van der Waals surface area contributed by atoms with Crippen molar-refractivity contribution >= 4 is 28.1 Å². The lowest BCUT2D eigenvalue weighted by molar-refractivity contribution is -0.0529. The van der Waals surface area contributed by atoms with Gasteiger partial charge in [0.2, 0.25) is 5.88 Å². The highest BCUT2D eigenvalue weighted by Crippen LogP contribution is 2.21. The van der Waals surface area contributed by atoms with Crippen molar-refractivity contribution in [1.29, 1.82) is 0 Å². The lowest BCUT2D eigenvalue weighted by Crippen LogP contribution is -2.02. The van der Waals surface area contributed by atoms with Gasteiger partial charge in [0.05, 0.1) is 3.57 Å². The smallest absolute Gasteiger partial charge is 0.388 e. The van der Waals surface area contributed by atoms with Gasteiger partial charge in [-0.2, -0.15) is 8.78 Å². The van der Waals surface area contributed by atoms with E-state index in [0.29, 0.717) is 3.57 Å². The van der Waals surface area contributed by atoms with Gasteiger partial charge in [0.15, 0.2) is 5.82 Å². The maximum atomic E-state index is 13.4. The minimum atomic E-state index is -2.96. The normalized spacial score (nSPS) is 11.3. The molecule has 0 amide bonds. The van der Waals surface area contributed by atoms with Crippen molar-refractivity contribution in [3.63, 3.8) is 0 Å². The summed E-state index contributed by atoms with van der Waals surface area (Å²) in [5, 5.41) is 3.63. The van der Waals surface area contributed by atoms with Gasteiger partial charge >= 0.3 is 6.61 Å². The summed E-state index contributed by atoms with van der Waals surface area (Å²) in [5.74, 6) is -0.805. The number of pyridine rings is 1. The Hall–Kier alpha value is -0.990. The first-order valence-corrected chi connectivity index (χ1v) is 4.94. The van der Waals surface area contributed by atoms with E-state index in [0.717, 1.165) is 10.6 Å². The van der Waals surface area contributed by atoms with Crippen LogP contribution in [0.3, 0.4) is 0 Å². The van der Waals surface area contributed by atoms with Gasteiger partial charge in [-0.3, -0.25) is 0 Å². The van der Waals surface area contributed by atoms with Gasteiger partial charge in [-0.15, -0.1) is 5.10 Å². The lowest BCUT2D eigenvalue weighted by atomic mass is 10.4. The number of rotatable bonds is 2. The minimum absolute atomic E-state index is 0.109. The predicted molar refractivity (Wildman–Crippen MR) is 54.5 cm³/mol. The Bertz CT molecular complexity index is 500. The fraction of sp³-hybridized carbons (Fsp3) is 0.125. The first-order valence-electron chi connectivity index (χ1n) is 3.86. The van der Waals surface area contributed by atoms with Crippen molar-refractivity contribution in [3.8, 4) is 5.88 Å². The standard InChI is InChI=1S/C8H4F3IN2O/c9-7-4(12)1-2-14-5(7)3-6(13-14)15-8(10)11/h1-3,8H. The second-order valence-corrected chi connectivity index (χ2v) is 3.83. The van der Waals surface area contributed by atoms with Crippen molar-refractivity contribution in [2.24, 2.45) is 0 Å². The molecule has 0 fully saturated rings. The molecule has 2 heterocycles. The fourth-order valence-corrected chi connectivity index (χ4v) is 1.57. The molecule has 0 saturated carbocycles. The van der Waals surface area contributed by atoms with Gasteiger partial charge in [0.1, 0.15) is 5.52 Å². The predicted octanol–water partition coefficient (Wildman–Crippen LogP) is 2.68. The van der Waals surface area contributed by atoms with Gasteiger partial charge < -0.3 is 4.74 Å². The molecule has 0 radical (unpaired) electrons. The summed E-state index contributed by atoms with van der Waals surface area (Å²) >= 11 is 1.80. The molecule has 0 aliphatic rings. The van der Waals surface area contributed by atoms with Crippen LogP contribution in [0.4, 0.5) is 13.2 Å². The lowest BCUT2D eigenvalue weighted by Gasteiger charge is -1.96. The number of hydrogen-bond donors (Lipinski definition) is 0. The Balaban J connectivity index is 2.51. The van der Waals surface area contributed by atoms with Gasteiger partial charge in [-0.05, 0) is 28.7 Å². The van der Waals surface area contributed by atoms with Crippen molar-refractivity contribution < 1.29 is 17.9 Å². The highest BCUT2D eigenvalue weighted by molar-refractivity contribution is 14.1. The van der Waals surface area contributed by atoms with Crippen molar-refractivity contribution in [2.45, 2.75) is 6.61 Å². The van der Waals surface area contributed by atoms with Crippen LogP contribution in [0.2, 0.25) is 0 Å². The molecule has 0 aromatic carbocycles. The van der Waals surface area contributed by atoms with E-state index in [-0.39, 0.29) is 11.4 Å². The molecule has 0 saturated heterocycles. The highest BCUT2D eigenvalue weighted by atomic mass is 127. The third-order valence-electron chi connectivity index (χ3n) is 1.72. The molecule has 0 bridgehead atoms. The van der Waals surface area contributed by atoms with Crippen molar-refractivity contribution in [3.05, 3.63) is 27.7 Å². The first kappa shape index (κ1) is 10.5. The molecule has 2 aromatic heterocycles. The van der Waals surface area contributed by atoms with E-state index in [9.17, 15) is 13.2 Å². The Morgan fingerprint density at radius 2 is 2.20 bits per heavy atom. The van der Waals surface area contributed by atoms with E-state index in [1.54, 1.807) is 22.6 Å². The van der Waals surface area contributed by atoms with E-state index < -0.39 is 12.4 Å². The molecule has 80 valence electrons. The number of hydrogen-bond acceptors (Lipinski definition) is 2. The molecule has 7 heteroatoms. The Morgan fingerprint density at radius 3 is 2.87 bits per heavy atom. The summed E-state index contributed by atoms with van der Waals surface area (Å²) in [6, 6.07) is 2.62. The third-order valence-corrected chi connectivity index (χ3v) is 2.55. The molecule has 0 spiro atoms. The van der Waals surface area contributed by atoms with Crippen LogP contribution in [0.15, 0.2) is 18.3 Å². The summed E-state index contributed by atoms with van der Waals surface area (Å²) in [6.45, 7) is -2.96. The van der Waals surface area contributed by atoms with E-state index in [2.05, 4.69) is 9.84 Å². The average Bonchev–Trinajstić information content (AvgIpc) is 2.54. The molecule has 0 aliphatic heterocycles. The quantitative estimate of drug-likeness (QED) is 0.793. The average molecular weight is 328 g/mol. The van der Waals surface area contributed by atoms with Gasteiger partial charge in [-0.1, -0.05) is 0 Å². The van der Waals surface area contributed by atoms with Crippen LogP contribution < -0.4 is 4.74 Å². The van der Waals surface area contributed by atoms with E-state index in [4.69, 9.17) is 0 Å². The second kappa shape index (κ2) is 3.87. The first-order chi connectivity index (χ1) is 7.08. The van der Waals surface area contributed by atoms with Crippen LogP contribution in [0.25, 0.3) is 5.52 Å². The molecule has 0 atom stereocenters. The largest absolute Gasteiger partial charge is 0.415 e. The Kier molecular flexibility index (Phi) is 2.72. The maximum Gasteiger partial charge on any atom is 0.388 e. The molecule has 15 heavy (non-hydrogen) atoms. The molecular weight excluding hydrogens is 324 g/mol. The van der Waals surface area contributed by atoms with Gasteiger partial charge in [0, 0.05) is 12.3 Å². The fourth-order valence-electron chi connectivity index (χ4n) is 1.13. The number of alkyl halides is 2. The molecule has 2 aromatic rings. The number of halogens is 4. The Labute approximate surface area is 96.0 Å². The number of nitrogens with zero attached hydrogens (tertiary/aromatic N) is 2. The van der Waals surface area contributed by atoms with Gasteiger partial charge in [-0.25, -0.2) is 8.91 Å². The van der Waals surface area contributed by atoms with Crippen molar-refractivity contribution in [1.82, 2.24) is 9.61 Å². The number of aromatic nitrogens is 2. The van der Waals surface area contributed by atoms with Crippen LogP contribution >= 0.6 is 22.6 Å². The molecular formula is C8H4F3IN2O. The van der Waals surface area contributed by atoms with Crippen molar-refractivity contribution in [2.75, 3.05) is 0 Å². The topological polar surface area (TPSA) is 26.5 Å². The summed E-state index contributed by atoms with van der Waals surface area (Å²) in [5.41, 5.74) is 0.109. The maximum absolute atomic E-state index is 13.4. The van der Waals surface area contributed by atoms with Gasteiger partial charge in [0.25, 0.3) is 0 Å². The van der Waals surface area contributed by atoms with Crippen LogP contribution in [-0.2, 0) is 0 Å². The van der Waals surface area contributed by atoms with Crippen LogP contribution in [0.5, 0.6) is 5.88 Å². The number of fused-ring (bicyclic) bond motifs is 1. The molecule has 0 aliphatic carbocycles. The van der Waals surface area contributed by atoms with E-state index in [1.807, 2.05) is 0 Å². The van der Waals surface area contributed by atoms with E-state index in [1.165, 1.54) is 12.3 Å². The molecule has 2 rings (SSSR count). The van der Waals surface area contributed by atoms with Crippen LogP contribution in [0, 0.1) is 9.39 Å². The highest BCUT2D eigenvalue weighted by Gasteiger charge is 2.12. The Morgan fingerprint density at radius 1 is 1.47 bits per heavy atom. The molecule has 0 N–H and O–H groups in total. The van der Waals surface area contributed by atoms with Crippen LogP contribution in [-0.4, -0.2) is 16.2 Å². The van der Waals surface area contributed by atoms with Crippen LogP contribution in [0.1, 0.15) is 0 Å². The summed E-state index contributed by atoms with van der Waals surface area (Å²) in [7, 11) is 0. The summed E-state index contributed by atoms with van der Waals surface area (Å²) in [6.07, 6.45) is 1.47. The zero-order valence-corrected chi connectivity index (χ0v) is 9.28. The third kappa shape index (κ3) is 2.01.